The summed E-state index contributed by atoms with van der Waals surface area (Å²) in [6.45, 7) is 1.79. The highest BCUT2D eigenvalue weighted by atomic mass is 19.1. The maximum atomic E-state index is 13.3. The summed E-state index contributed by atoms with van der Waals surface area (Å²) >= 11 is 0. The third kappa shape index (κ3) is 5.16. The lowest BCUT2D eigenvalue weighted by molar-refractivity contribution is 0.00246. The molecule has 1 heterocycles. The normalized spacial score (nSPS) is 16.0. The Balaban J connectivity index is 1.46. The number of benzene rings is 1. The van der Waals surface area contributed by atoms with Crippen LogP contribution in [0.5, 0.6) is 0 Å². The number of nitrogens with zero attached hydrogens (tertiary/aromatic N) is 1. The van der Waals surface area contributed by atoms with Gasteiger partial charge in [-0.3, -0.25) is 4.90 Å². The monoisotopic (exact) mass is 319 g/mol. The lowest BCUT2D eigenvalue weighted by Gasteiger charge is -2.25. The second-order valence-corrected chi connectivity index (χ2v) is 6.04. The summed E-state index contributed by atoms with van der Waals surface area (Å²) in [5, 5.41) is 10.2. The summed E-state index contributed by atoms with van der Waals surface area (Å²) in [6.07, 6.45) is 3.30. The van der Waals surface area contributed by atoms with Crippen LogP contribution in [0, 0.1) is 5.82 Å². The van der Waals surface area contributed by atoms with Crippen molar-refractivity contribution < 1.29 is 18.7 Å². The van der Waals surface area contributed by atoms with Gasteiger partial charge in [0.05, 0.1) is 19.0 Å². The van der Waals surface area contributed by atoms with E-state index in [9.17, 15) is 9.50 Å². The zero-order valence-corrected chi connectivity index (χ0v) is 13.0. The molecule has 0 amide bonds. The second kappa shape index (κ2) is 7.73. The van der Waals surface area contributed by atoms with Gasteiger partial charge < -0.3 is 14.3 Å². The predicted octanol–water partition coefficient (Wildman–Crippen LogP) is 2.96. The van der Waals surface area contributed by atoms with Crippen LogP contribution in [-0.2, 0) is 17.9 Å². The van der Waals surface area contributed by atoms with Crippen molar-refractivity contribution in [3.8, 4) is 0 Å². The van der Waals surface area contributed by atoms with Gasteiger partial charge in [-0.05, 0) is 42.7 Å². The van der Waals surface area contributed by atoms with E-state index in [4.69, 9.17) is 9.15 Å². The van der Waals surface area contributed by atoms with Crippen molar-refractivity contribution in [2.75, 3.05) is 13.2 Å². The number of aliphatic hydroxyl groups excluding tert-OH is 1. The summed E-state index contributed by atoms with van der Waals surface area (Å²) in [7, 11) is 0. The molecule has 5 heteroatoms. The molecule has 124 valence electrons. The fourth-order valence-corrected chi connectivity index (χ4v) is 2.67. The number of furan rings is 1. The number of ether oxygens (including phenoxy) is 1. The third-order valence-corrected chi connectivity index (χ3v) is 3.92. The van der Waals surface area contributed by atoms with E-state index in [1.807, 2.05) is 18.2 Å². The van der Waals surface area contributed by atoms with Crippen LogP contribution in [-0.4, -0.2) is 35.3 Å². The van der Waals surface area contributed by atoms with Crippen molar-refractivity contribution in [3.63, 3.8) is 0 Å². The van der Waals surface area contributed by atoms with Crippen LogP contribution < -0.4 is 0 Å². The maximum absolute atomic E-state index is 13.3. The summed E-state index contributed by atoms with van der Waals surface area (Å²) < 4.78 is 24.0. The van der Waals surface area contributed by atoms with Crippen LogP contribution in [0.1, 0.15) is 24.2 Å². The summed E-state index contributed by atoms with van der Waals surface area (Å²) in [5.74, 6) is 0.525. The molecule has 0 saturated heterocycles. The van der Waals surface area contributed by atoms with Gasteiger partial charge in [-0.15, -0.1) is 0 Å². The molecule has 1 N–H and O–H groups in total. The first-order chi connectivity index (χ1) is 11.2. The summed E-state index contributed by atoms with van der Waals surface area (Å²) in [6, 6.07) is 10.8. The molecule has 3 rings (SSSR count). The minimum Gasteiger partial charge on any atom is -0.467 e. The van der Waals surface area contributed by atoms with E-state index in [2.05, 4.69) is 4.90 Å². The van der Waals surface area contributed by atoms with Crippen LogP contribution in [0.3, 0.4) is 0 Å². The van der Waals surface area contributed by atoms with E-state index in [0.29, 0.717) is 25.7 Å². The number of halogens is 1. The maximum Gasteiger partial charge on any atom is 0.129 e. The predicted molar refractivity (Wildman–Crippen MR) is 84.2 cm³/mol. The Bertz CT molecular complexity index is 598. The third-order valence-electron chi connectivity index (χ3n) is 3.92. The first kappa shape index (κ1) is 16.2. The first-order valence-corrected chi connectivity index (χ1v) is 7.97. The van der Waals surface area contributed by atoms with Crippen molar-refractivity contribution in [2.24, 2.45) is 0 Å². The number of aliphatic hydroxyl groups is 1. The van der Waals surface area contributed by atoms with Crippen LogP contribution in [0.15, 0.2) is 47.1 Å². The second-order valence-electron chi connectivity index (χ2n) is 6.04. The molecule has 1 aliphatic rings. The van der Waals surface area contributed by atoms with Gasteiger partial charge >= 0.3 is 0 Å². The molecule has 1 aliphatic carbocycles. The van der Waals surface area contributed by atoms with Gasteiger partial charge in [-0.2, -0.15) is 0 Å². The summed E-state index contributed by atoms with van der Waals surface area (Å²) in [5.41, 5.74) is 0.931. The van der Waals surface area contributed by atoms with Crippen molar-refractivity contribution >= 4 is 0 Å². The Morgan fingerprint density at radius 3 is 2.87 bits per heavy atom. The largest absolute Gasteiger partial charge is 0.467 e. The van der Waals surface area contributed by atoms with Crippen LogP contribution in [0.25, 0.3) is 0 Å². The van der Waals surface area contributed by atoms with Crippen molar-refractivity contribution in [2.45, 2.75) is 38.1 Å². The molecule has 1 atom stereocenters. The van der Waals surface area contributed by atoms with Gasteiger partial charge in [0.2, 0.25) is 0 Å². The van der Waals surface area contributed by atoms with Gasteiger partial charge in [0, 0.05) is 19.1 Å². The number of rotatable bonds is 9. The van der Waals surface area contributed by atoms with Gasteiger partial charge in [-0.25, -0.2) is 4.39 Å². The molecule has 1 saturated carbocycles. The van der Waals surface area contributed by atoms with Gasteiger partial charge in [0.1, 0.15) is 18.2 Å². The minimum absolute atomic E-state index is 0.222. The topological polar surface area (TPSA) is 45.8 Å². The minimum atomic E-state index is -0.570. The lowest BCUT2D eigenvalue weighted by Crippen LogP contribution is -2.36. The molecular formula is C18H22FNO3. The quantitative estimate of drug-likeness (QED) is 0.772. The molecule has 1 fully saturated rings. The Hall–Kier alpha value is -1.69. The summed E-state index contributed by atoms with van der Waals surface area (Å²) in [4.78, 5) is 2.20. The molecule has 0 aliphatic heterocycles. The Morgan fingerprint density at radius 2 is 2.17 bits per heavy atom. The Morgan fingerprint density at radius 1 is 1.30 bits per heavy atom. The van der Waals surface area contributed by atoms with Crippen molar-refractivity contribution in [1.29, 1.82) is 0 Å². The van der Waals surface area contributed by atoms with E-state index in [-0.39, 0.29) is 12.4 Å². The van der Waals surface area contributed by atoms with Crippen LogP contribution >= 0.6 is 0 Å². The molecule has 4 nitrogen and oxygen atoms in total. The molecule has 0 unspecified atom stereocenters. The molecule has 1 aromatic carbocycles. The first-order valence-electron chi connectivity index (χ1n) is 7.97. The fraction of sp³-hybridized carbons (Fsp3) is 0.444. The zero-order chi connectivity index (χ0) is 16.1. The molecule has 2 aromatic rings. The number of hydrogen-bond donors (Lipinski definition) is 1. The molecule has 23 heavy (non-hydrogen) atoms. The van der Waals surface area contributed by atoms with Crippen molar-refractivity contribution in [1.82, 2.24) is 4.90 Å². The molecular weight excluding hydrogens is 297 g/mol. The lowest BCUT2D eigenvalue weighted by atomic mass is 10.2. The van der Waals surface area contributed by atoms with E-state index < -0.39 is 6.10 Å². The van der Waals surface area contributed by atoms with E-state index in [1.54, 1.807) is 18.4 Å². The average Bonchev–Trinajstić information content (AvgIpc) is 3.24. The van der Waals surface area contributed by atoms with Crippen LogP contribution in [0.4, 0.5) is 4.39 Å². The van der Waals surface area contributed by atoms with Gasteiger partial charge in [0.15, 0.2) is 0 Å². The van der Waals surface area contributed by atoms with E-state index in [1.165, 1.54) is 6.07 Å². The average molecular weight is 319 g/mol. The van der Waals surface area contributed by atoms with Gasteiger partial charge in [-0.1, -0.05) is 12.1 Å². The fourth-order valence-electron chi connectivity index (χ4n) is 2.67. The van der Waals surface area contributed by atoms with Crippen molar-refractivity contribution in [3.05, 3.63) is 59.8 Å². The zero-order valence-electron chi connectivity index (χ0n) is 13.0. The van der Waals surface area contributed by atoms with E-state index in [0.717, 1.165) is 24.2 Å². The SMILES string of the molecule is O[C@@H](COCc1ccco1)CN(Cc1cccc(F)c1)C1CC1. The Labute approximate surface area is 135 Å². The highest BCUT2D eigenvalue weighted by Crippen LogP contribution is 2.28. The number of hydrogen-bond acceptors (Lipinski definition) is 4. The van der Waals surface area contributed by atoms with Gasteiger partial charge in [0.25, 0.3) is 0 Å². The molecule has 1 aromatic heterocycles. The molecule has 0 radical (unpaired) electrons. The van der Waals surface area contributed by atoms with E-state index >= 15 is 0 Å². The standard InChI is InChI=1S/C18H22FNO3/c19-15-4-1-3-14(9-15)10-20(16-6-7-16)11-17(21)12-22-13-18-5-2-8-23-18/h1-5,8-9,16-17,21H,6-7,10-13H2/t17-/m1/s1. The molecule has 0 bridgehead atoms. The highest BCUT2D eigenvalue weighted by molar-refractivity contribution is 5.16. The van der Waals surface area contributed by atoms with Crippen LogP contribution in [0.2, 0.25) is 0 Å². The Kier molecular flexibility index (Phi) is 5.43. The molecule has 0 spiro atoms. The smallest absolute Gasteiger partial charge is 0.129 e. The highest BCUT2D eigenvalue weighted by Gasteiger charge is 2.30.